The minimum atomic E-state index is -0.913. The Labute approximate surface area is 65.6 Å². The molecule has 0 aliphatic rings. The predicted octanol–water partition coefficient (Wildman–Crippen LogP) is 2.67. The van der Waals surface area contributed by atoms with Crippen molar-refractivity contribution in [2.24, 2.45) is 0 Å². The normalized spacial score (nSPS) is 10.0. The molecule has 54 valence electrons. The first-order valence-electron chi connectivity index (χ1n) is 2.28. The molecule has 0 N–H and O–H groups in total. The first-order chi connectivity index (χ1) is 4.61. The predicted molar refractivity (Wildman–Crippen MR) is 34.2 cm³/mol. The van der Waals surface area contributed by atoms with Crippen LogP contribution in [0.5, 0.6) is 0 Å². The third-order valence-corrected chi connectivity index (χ3v) is 1.37. The lowest BCUT2D eigenvalue weighted by molar-refractivity contribution is 0.574. The van der Waals surface area contributed by atoms with Crippen molar-refractivity contribution in [3.05, 3.63) is 28.0 Å². The fourth-order valence-corrected chi connectivity index (χ4v) is 0.745. The Kier molecular flexibility index (Phi) is 2.06. The van der Waals surface area contributed by atoms with E-state index in [-0.39, 0.29) is 0 Å². The van der Waals surface area contributed by atoms with Gasteiger partial charge >= 0.3 is 0 Å². The number of halogens is 4. The van der Waals surface area contributed by atoms with E-state index < -0.39 is 21.9 Å². The van der Waals surface area contributed by atoms with E-state index in [0.717, 1.165) is 0 Å². The van der Waals surface area contributed by atoms with Crippen LogP contribution < -0.4 is 0 Å². The van der Waals surface area contributed by atoms with E-state index in [1.807, 2.05) is 0 Å². The van der Waals surface area contributed by atoms with Gasteiger partial charge in [0.25, 0.3) is 0 Å². The van der Waals surface area contributed by atoms with E-state index in [9.17, 15) is 8.78 Å². The second-order valence-electron chi connectivity index (χ2n) is 1.53. The van der Waals surface area contributed by atoms with E-state index in [1.165, 1.54) is 0 Å². The largest absolute Gasteiger partial charge is 0.218 e. The first-order valence-corrected chi connectivity index (χ1v) is 3.04. The van der Waals surface area contributed by atoms with Crippen LogP contribution in [-0.4, -0.2) is 4.98 Å². The molecule has 0 spiro atoms. The average molecular weight is 184 g/mol. The summed E-state index contributed by atoms with van der Waals surface area (Å²) in [7, 11) is 0. The number of hydrogen-bond acceptors (Lipinski definition) is 1. The zero-order valence-electron chi connectivity index (χ0n) is 4.54. The van der Waals surface area contributed by atoms with Gasteiger partial charge in [-0.25, -0.2) is 13.8 Å². The van der Waals surface area contributed by atoms with Crippen LogP contribution in [0.4, 0.5) is 8.78 Å². The summed E-state index contributed by atoms with van der Waals surface area (Å²) in [5.74, 6) is -1.83. The highest BCUT2D eigenvalue weighted by Gasteiger charge is 2.06. The highest BCUT2D eigenvalue weighted by Crippen LogP contribution is 2.18. The second-order valence-corrected chi connectivity index (χ2v) is 2.25. The molecule has 0 bridgehead atoms. The van der Waals surface area contributed by atoms with Crippen LogP contribution in [0, 0.1) is 11.6 Å². The molecule has 1 heterocycles. The second kappa shape index (κ2) is 2.68. The van der Waals surface area contributed by atoms with Gasteiger partial charge in [-0.1, -0.05) is 23.2 Å². The third kappa shape index (κ3) is 1.36. The molecule has 10 heavy (non-hydrogen) atoms. The SMILES string of the molecule is Fc1cc(F)c(Cl)nc1Cl. The topological polar surface area (TPSA) is 12.9 Å². The molecule has 0 atom stereocenters. The number of pyridine rings is 1. The zero-order chi connectivity index (χ0) is 7.72. The van der Waals surface area contributed by atoms with Gasteiger partial charge < -0.3 is 0 Å². The summed E-state index contributed by atoms with van der Waals surface area (Å²) in [4.78, 5) is 3.15. The summed E-state index contributed by atoms with van der Waals surface area (Å²) in [5.41, 5.74) is 0. The highest BCUT2D eigenvalue weighted by atomic mass is 35.5. The van der Waals surface area contributed by atoms with Crippen LogP contribution in [0.15, 0.2) is 6.07 Å². The van der Waals surface area contributed by atoms with Crippen molar-refractivity contribution in [3.8, 4) is 0 Å². The lowest BCUT2D eigenvalue weighted by Crippen LogP contribution is -1.87. The average Bonchev–Trinajstić information content (AvgIpc) is 1.84. The van der Waals surface area contributed by atoms with Crippen molar-refractivity contribution < 1.29 is 8.78 Å². The summed E-state index contributed by atoms with van der Waals surface area (Å²) in [5, 5.41) is -0.849. The minimum Gasteiger partial charge on any atom is -0.218 e. The van der Waals surface area contributed by atoms with E-state index in [0.29, 0.717) is 6.07 Å². The summed E-state index contributed by atoms with van der Waals surface area (Å²) < 4.78 is 24.5. The number of aromatic nitrogens is 1. The van der Waals surface area contributed by atoms with E-state index >= 15 is 0 Å². The van der Waals surface area contributed by atoms with Crippen molar-refractivity contribution in [2.45, 2.75) is 0 Å². The Bertz CT molecular complexity index is 214. The lowest BCUT2D eigenvalue weighted by atomic mass is 10.5. The quantitative estimate of drug-likeness (QED) is 0.564. The molecule has 1 nitrogen and oxygen atoms in total. The van der Waals surface area contributed by atoms with E-state index in [1.54, 1.807) is 0 Å². The molecule has 1 aromatic heterocycles. The van der Waals surface area contributed by atoms with Crippen molar-refractivity contribution in [1.29, 1.82) is 0 Å². The maximum Gasteiger partial charge on any atom is 0.166 e. The molecule has 0 aliphatic carbocycles. The van der Waals surface area contributed by atoms with Crippen LogP contribution in [-0.2, 0) is 0 Å². The minimum absolute atomic E-state index is 0.425. The molecule has 1 rings (SSSR count). The number of hydrogen-bond donors (Lipinski definition) is 0. The molecule has 5 heteroatoms. The van der Waals surface area contributed by atoms with Crippen molar-refractivity contribution in [2.75, 3.05) is 0 Å². The van der Waals surface area contributed by atoms with Crippen molar-refractivity contribution >= 4 is 23.2 Å². The van der Waals surface area contributed by atoms with Crippen LogP contribution in [0.2, 0.25) is 10.3 Å². The van der Waals surface area contributed by atoms with Gasteiger partial charge in [0.15, 0.2) is 21.9 Å². The molecule has 0 amide bonds. The van der Waals surface area contributed by atoms with Crippen LogP contribution in [0.1, 0.15) is 0 Å². The van der Waals surface area contributed by atoms with E-state index in [2.05, 4.69) is 4.98 Å². The smallest absolute Gasteiger partial charge is 0.166 e. The fourth-order valence-electron chi connectivity index (χ4n) is 0.423. The Morgan fingerprint density at radius 3 is 1.80 bits per heavy atom. The molecule has 0 fully saturated rings. The van der Waals surface area contributed by atoms with Crippen molar-refractivity contribution in [3.63, 3.8) is 0 Å². The van der Waals surface area contributed by atoms with Gasteiger partial charge in [-0.3, -0.25) is 0 Å². The summed E-state index contributed by atoms with van der Waals surface area (Å²) in [6.07, 6.45) is 0. The maximum absolute atomic E-state index is 12.3. The Hall–Kier alpha value is -0.410. The molecule has 0 saturated carbocycles. The Balaban J connectivity index is 3.28. The molecule has 0 unspecified atom stereocenters. The monoisotopic (exact) mass is 183 g/mol. The summed E-state index contributed by atoms with van der Waals surface area (Å²) >= 11 is 10.3. The summed E-state index contributed by atoms with van der Waals surface area (Å²) in [6, 6.07) is 0.581. The fraction of sp³-hybridized carbons (Fsp3) is 0. The van der Waals surface area contributed by atoms with Crippen molar-refractivity contribution in [1.82, 2.24) is 4.98 Å². The van der Waals surface area contributed by atoms with Gasteiger partial charge in [0.1, 0.15) is 0 Å². The van der Waals surface area contributed by atoms with Gasteiger partial charge in [-0.05, 0) is 0 Å². The molecular formula is C5HCl2F2N. The highest BCUT2D eigenvalue weighted by molar-refractivity contribution is 6.32. The lowest BCUT2D eigenvalue weighted by Gasteiger charge is -1.94. The standard InChI is InChI=1S/C5HCl2F2N/c6-4-2(8)1-3(9)5(7)10-4/h1H. The third-order valence-electron chi connectivity index (χ3n) is 0.844. The Morgan fingerprint density at radius 2 is 1.50 bits per heavy atom. The molecule has 0 aliphatic heterocycles. The Morgan fingerprint density at radius 1 is 1.10 bits per heavy atom. The molecular weight excluding hydrogens is 183 g/mol. The summed E-state index contributed by atoms with van der Waals surface area (Å²) in [6.45, 7) is 0. The van der Waals surface area contributed by atoms with Crippen LogP contribution in [0.3, 0.4) is 0 Å². The van der Waals surface area contributed by atoms with Gasteiger partial charge in [-0.15, -0.1) is 0 Å². The van der Waals surface area contributed by atoms with Gasteiger partial charge in [-0.2, -0.15) is 0 Å². The van der Waals surface area contributed by atoms with Gasteiger partial charge in [0, 0.05) is 6.07 Å². The maximum atomic E-state index is 12.3. The number of nitrogens with zero attached hydrogens (tertiary/aromatic N) is 1. The zero-order valence-corrected chi connectivity index (χ0v) is 6.05. The molecule has 0 saturated heterocycles. The van der Waals surface area contributed by atoms with Gasteiger partial charge in [0.2, 0.25) is 0 Å². The van der Waals surface area contributed by atoms with Gasteiger partial charge in [0.05, 0.1) is 0 Å². The molecule has 0 radical (unpaired) electrons. The number of rotatable bonds is 0. The van der Waals surface area contributed by atoms with Crippen LogP contribution in [0.25, 0.3) is 0 Å². The molecule has 1 aromatic rings. The first kappa shape index (κ1) is 7.69. The van der Waals surface area contributed by atoms with E-state index in [4.69, 9.17) is 23.2 Å². The van der Waals surface area contributed by atoms with Crippen LogP contribution >= 0.6 is 23.2 Å². The molecule has 0 aromatic carbocycles.